The Kier molecular flexibility index (Phi) is 4.15. The van der Waals surface area contributed by atoms with E-state index in [9.17, 15) is 0 Å². The molecule has 0 bridgehead atoms. The van der Waals surface area contributed by atoms with Crippen LogP contribution in [0.15, 0.2) is 12.4 Å². The van der Waals surface area contributed by atoms with Crippen LogP contribution in [0.25, 0.3) is 0 Å². The maximum absolute atomic E-state index is 5.74. The lowest BCUT2D eigenvalue weighted by Gasteiger charge is -2.36. The Labute approximate surface area is 103 Å². The van der Waals surface area contributed by atoms with E-state index >= 15 is 0 Å². The molecule has 2 atom stereocenters. The summed E-state index contributed by atoms with van der Waals surface area (Å²) in [6.07, 6.45) is 4.34. The summed E-state index contributed by atoms with van der Waals surface area (Å²) in [5, 5.41) is 0. The fraction of sp³-hybridized carbons (Fsp3) is 0.750. The van der Waals surface area contributed by atoms with Crippen LogP contribution in [0.3, 0.4) is 0 Å². The van der Waals surface area contributed by atoms with Gasteiger partial charge in [-0.05, 0) is 13.8 Å². The predicted octanol–water partition coefficient (Wildman–Crippen LogP) is 0.240. The second-order valence-electron chi connectivity index (χ2n) is 4.73. The van der Waals surface area contributed by atoms with Crippen molar-refractivity contribution in [3.8, 4) is 0 Å². The first kappa shape index (κ1) is 12.5. The third-order valence-corrected chi connectivity index (χ3v) is 3.25. The van der Waals surface area contributed by atoms with E-state index in [1.165, 1.54) is 0 Å². The zero-order valence-electron chi connectivity index (χ0n) is 10.7. The molecule has 2 N–H and O–H groups in total. The van der Waals surface area contributed by atoms with Gasteiger partial charge in [-0.2, -0.15) is 0 Å². The molecule has 2 heterocycles. The van der Waals surface area contributed by atoms with E-state index < -0.39 is 0 Å². The SMILES string of the molecule is Cc1nccn1CCN1CC(C)OC(CN)C1. The minimum atomic E-state index is 0.183. The van der Waals surface area contributed by atoms with Crippen molar-refractivity contribution >= 4 is 0 Å². The summed E-state index contributed by atoms with van der Waals surface area (Å²) in [7, 11) is 0. The van der Waals surface area contributed by atoms with Gasteiger partial charge in [0, 0.05) is 45.1 Å². The molecule has 2 rings (SSSR count). The average molecular weight is 238 g/mol. The van der Waals surface area contributed by atoms with Crippen molar-refractivity contribution in [2.75, 3.05) is 26.2 Å². The van der Waals surface area contributed by atoms with E-state index in [4.69, 9.17) is 10.5 Å². The molecule has 0 saturated carbocycles. The van der Waals surface area contributed by atoms with Crippen molar-refractivity contribution in [1.29, 1.82) is 0 Å². The highest BCUT2D eigenvalue weighted by atomic mass is 16.5. The van der Waals surface area contributed by atoms with E-state index in [0.29, 0.717) is 6.54 Å². The highest BCUT2D eigenvalue weighted by Crippen LogP contribution is 2.10. The van der Waals surface area contributed by atoms with Crippen LogP contribution in [-0.4, -0.2) is 52.8 Å². The van der Waals surface area contributed by atoms with E-state index in [1.54, 1.807) is 0 Å². The van der Waals surface area contributed by atoms with Crippen molar-refractivity contribution in [3.05, 3.63) is 18.2 Å². The fourth-order valence-electron chi connectivity index (χ4n) is 2.34. The van der Waals surface area contributed by atoms with Crippen molar-refractivity contribution in [3.63, 3.8) is 0 Å². The molecule has 2 unspecified atom stereocenters. The number of hydrogen-bond donors (Lipinski definition) is 1. The first-order chi connectivity index (χ1) is 8.19. The Morgan fingerprint density at radius 3 is 2.94 bits per heavy atom. The van der Waals surface area contributed by atoms with Gasteiger partial charge in [0.15, 0.2) is 0 Å². The molecule has 1 aromatic heterocycles. The lowest BCUT2D eigenvalue weighted by molar-refractivity contribution is -0.0726. The third kappa shape index (κ3) is 3.28. The van der Waals surface area contributed by atoms with E-state index in [0.717, 1.165) is 32.0 Å². The largest absolute Gasteiger partial charge is 0.371 e. The molecule has 96 valence electrons. The summed E-state index contributed by atoms with van der Waals surface area (Å²) >= 11 is 0. The van der Waals surface area contributed by atoms with Crippen LogP contribution in [0.2, 0.25) is 0 Å². The molecule has 0 amide bonds. The molecule has 0 radical (unpaired) electrons. The summed E-state index contributed by atoms with van der Waals surface area (Å²) in [5.74, 6) is 1.07. The van der Waals surface area contributed by atoms with Crippen molar-refractivity contribution < 1.29 is 4.74 Å². The van der Waals surface area contributed by atoms with Gasteiger partial charge >= 0.3 is 0 Å². The number of nitrogens with two attached hydrogens (primary N) is 1. The van der Waals surface area contributed by atoms with Gasteiger partial charge < -0.3 is 15.0 Å². The number of aromatic nitrogens is 2. The second kappa shape index (κ2) is 5.62. The smallest absolute Gasteiger partial charge is 0.105 e. The first-order valence-corrected chi connectivity index (χ1v) is 6.24. The van der Waals surface area contributed by atoms with Gasteiger partial charge in [0.1, 0.15) is 5.82 Å². The average Bonchev–Trinajstić information content (AvgIpc) is 2.71. The number of morpholine rings is 1. The minimum absolute atomic E-state index is 0.183. The molecule has 5 nitrogen and oxygen atoms in total. The first-order valence-electron chi connectivity index (χ1n) is 6.24. The summed E-state index contributed by atoms with van der Waals surface area (Å²) in [5.41, 5.74) is 5.68. The predicted molar refractivity (Wildman–Crippen MR) is 66.8 cm³/mol. The number of nitrogens with zero attached hydrogens (tertiary/aromatic N) is 3. The van der Waals surface area contributed by atoms with Gasteiger partial charge in [0.25, 0.3) is 0 Å². The standard InChI is InChI=1S/C12H22N4O/c1-10-8-15(9-12(7-13)17-10)5-6-16-4-3-14-11(16)2/h3-4,10,12H,5-9,13H2,1-2H3. The normalized spacial score (nSPS) is 26.3. The lowest BCUT2D eigenvalue weighted by atomic mass is 10.2. The van der Waals surface area contributed by atoms with E-state index in [1.807, 2.05) is 19.3 Å². The zero-order valence-corrected chi connectivity index (χ0v) is 10.7. The number of imidazole rings is 1. The summed E-state index contributed by atoms with van der Waals surface area (Å²) < 4.78 is 7.92. The zero-order chi connectivity index (χ0) is 12.3. The Bertz CT molecular complexity index is 352. The second-order valence-corrected chi connectivity index (χ2v) is 4.73. The summed E-state index contributed by atoms with van der Waals surface area (Å²) in [6, 6.07) is 0. The van der Waals surface area contributed by atoms with Crippen LogP contribution in [0.4, 0.5) is 0 Å². The molecule has 1 aliphatic heterocycles. The molecule has 0 spiro atoms. The maximum Gasteiger partial charge on any atom is 0.105 e. The fourth-order valence-corrected chi connectivity index (χ4v) is 2.34. The third-order valence-electron chi connectivity index (χ3n) is 3.25. The Hall–Kier alpha value is -0.910. The molecule has 0 aromatic carbocycles. The van der Waals surface area contributed by atoms with Gasteiger partial charge in [-0.3, -0.25) is 4.90 Å². The highest BCUT2D eigenvalue weighted by Gasteiger charge is 2.23. The Morgan fingerprint density at radius 2 is 2.29 bits per heavy atom. The lowest BCUT2D eigenvalue weighted by Crippen LogP contribution is -2.49. The van der Waals surface area contributed by atoms with Crippen LogP contribution >= 0.6 is 0 Å². The molecule has 1 aromatic rings. The van der Waals surface area contributed by atoms with Gasteiger partial charge in [0.05, 0.1) is 12.2 Å². The quantitative estimate of drug-likeness (QED) is 0.816. The number of ether oxygens (including phenoxy) is 1. The van der Waals surface area contributed by atoms with Crippen LogP contribution < -0.4 is 5.73 Å². The van der Waals surface area contributed by atoms with Crippen LogP contribution in [0, 0.1) is 6.92 Å². The van der Waals surface area contributed by atoms with Gasteiger partial charge in [0.2, 0.25) is 0 Å². The van der Waals surface area contributed by atoms with Gasteiger partial charge in [-0.1, -0.05) is 0 Å². The number of aryl methyl sites for hydroxylation is 1. The van der Waals surface area contributed by atoms with Gasteiger partial charge in [-0.25, -0.2) is 4.98 Å². The molecule has 1 saturated heterocycles. The van der Waals surface area contributed by atoms with Crippen LogP contribution in [-0.2, 0) is 11.3 Å². The van der Waals surface area contributed by atoms with Crippen molar-refractivity contribution in [2.45, 2.75) is 32.6 Å². The number of hydrogen-bond acceptors (Lipinski definition) is 4. The number of rotatable bonds is 4. The molecule has 5 heteroatoms. The molecular formula is C12H22N4O. The summed E-state index contributed by atoms with van der Waals surface area (Å²) in [4.78, 5) is 6.65. The maximum atomic E-state index is 5.74. The molecular weight excluding hydrogens is 216 g/mol. The topological polar surface area (TPSA) is 56.3 Å². The molecule has 1 fully saturated rings. The molecule has 17 heavy (non-hydrogen) atoms. The monoisotopic (exact) mass is 238 g/mol. The van der Waals surface area contributed by atoms with E-state index in [-0.39, 0.29) is 12.2 Å². The van der Waals surface area contributed by atoms with Crippen molar-refractivity contribution in [2.24, 2.45) is 5.73 Å². The molecule has 0 aliphatic carbocycles. The summed E-state index contributed by atoms with van der Waals surface area (Å²) in [6.45, 7) is 8.68. The van der Waals surface area contributed by atoms with Crippen molar-refractivity contribution in [1.82, 2.24) is 14.5 Å². The Balaban J connectivity index is 1.84. The van der Waals surface area contributed by atoms with Crippen LogP contribution in [0.1, 0.15) is 12.7 Å². The molecule has 1 aliphatic rings. The van der Waals surface area contributed by atoms with Crippen LogP contribution in [0.5, 0.6) is 0 Å². The minimum Gasteiger partial charge on any atom is -0.371 e. The Morgan fingerprint density at radius 1 is 1.47 bits per heavy atom. The van der Waals surface area contributed by atoms with E-state index in [2.05, 4.69) is 21.4 Å². The highest BCUT2D eigenvalue weighted by molar-refractivity contribution is 4.88. The van der Waals surface area contributed by atoms with Gasteiger partial charge in [-0.15, -0.1) is 0 Å².